The fraction of sp³-hybridized carbons (Fsp3) is 0.444. The van der Waals surface area contributed by atoms with Crippen LogP contribution in [0.3, 0.4) is 0 Å². The molecule has 0 aromatic carbocycles. The summed E-state index contributed by atoms with van der Waals surface area (Å²) in [5, 5.41) is -0.207. The number of rotatable bonds is 0. The zero-order chi connectivity index (χ0) is 16.9. The summed E-state index contributed by atoms with van der Waals surface area (Å²) < 4.78 is 68.1. The fourth-order valence-electron chi connectivity index (χ4n) is 0.658. The van der Waals surface area contributed by atoms with E-state index in [2.05, 4.69) is 20.9 Å². The van der Waals surface area contributed by atoms with Crippen LogP contribution in [0.2, 0.25) is 5.15 Å². The first-order valence-electron chi connectivity index (χ1n) is 7.48. The zero-order valence-electron chi connectivity index (χ0n) is 14.9. The van der Waals surface area contributed by atoms with Gasteiger partial charge in [0.05, 0.1) is 0 Å². The van der Waals surface area contributed by atoms with Crippen molar-refractivity contribution < 1.29 is 12.3 Å². The smallest absolute Gasteiger partial charge is 0.130 e. The van der Waals surface area contributed by atoms with E-state index < -0.39 is 31.7 Å². The highest BCUT2D eigenvalue weighted by molar-refractivity contribution is 9.10. The highest BCUT2D eigenvalue weighted by atomic mass is 79.9. The summed E-state index contributed by atoms with van der Waals surface area (Å²) in [7, 11) is 0. The van der Waals surface area contributed by atoms with Crippen LogP contribution >= 0.6 is 27.5 Å². The van der Waals surface area contributed by atoms with Crippen LogP contribution in [0.15, 0.2) is 16.6 Å². The summed E-state index contributed by atoms with van der Waals surface area (Å²) in [6, 6.07) is 2.35. The molecule has 0 unspecified atom stereocenters. The van der Waals surface area contributed by atoms with Gasteiger partial charge in [-0.25, -0.2) is 4.98 Å². The molecule has 0 bridgehead atoms. The lowest BCUT2D eigenvalue weighted by Crippen LogP contribution is -2.13. The normalized spacial score (nSPS) is 26.0. The quantitative estimate of drug-likeness (QED) is 0.644. The Labute approximate surface area is 98.9 Å². The minimum absolute atomic E-state index is 0.207. The third-order valence-electron chi connectivity index (χ3n) is 1.14. The molecule has 12 heavy (non-hydrogen) atoms. The number of hydrogen-bond donors (Lipinski definition) is 0. The van der Waals surface area contributed by atoms with E-state index in [1.54, 1.807) is 0 Å². The molecule has 0 N–H and O–H groups in total. The van der Waals surface area contributed by atoms with Gasteiger partial charge in [0.2, 0.25) is 0 Å². The average molecular weight is 258 g/mol. The molecule has 1 aromatic rings. The second-order valence-corrected chi connectivity index (χ2v) is 3.55. The van der Waals surface area contributed by atoms with Gasteiger partial charge in [-0.05, 0) is 12.1 Å². The van der Waals surface area contributed by atoms with Crippen molar-refractivity contribution in [2.75, 3.05) is 0 Å². The molecule has 0 aliphatic heterocycles. The Hall–Kier alpha value is -0.0800. The van der Waals surface area contributed by atoms with Crippen molar-refractivity contribution in [3.63, 3.8) is 0 Å². The monoisotopic (exact) mass is 256 g/mol. The summed E-state index contributed by atoms with van der Waals surface area (Å²) in [4.78, 5) is 3.66. The molecule has 0 radical (unpaired) electrons. The molecular formula is C9H11BrClN. The second kappa shape index (κ2) is 3.35. The van der Waals surface area contributed by atoms with E-state index in [0.717, 1.165) is 6.07 Å². The third kappa shape index (κ3) is 2.46. The highest BCUT2D eigenvalue weighted by Crippen LogP contribution is 2.25. The van der Waals surface area contributed by atoms with E-state index in [1.807, 2.05) is 0 Å². The van der Waals surface area contributed by atoms with E-state index in [9.17, 15) is 0 Å². The van der Waals surface area contributed by atoms with Gasteiger partial charge in [-0.3, -0.25) is 0 Å². The molecule has 0 aliphatic rings. The topological polar surface area (TPSA) is 12.9 Å². The summed E-state index contributed by atoms with van der Waals surface area (Å²) in [6.45, 7) is -10.0. The van der Waals surface area contributed by atoms with Crippen molar-refractivity contribution >= 4 is 27.5 Å². The molecule has 3 heteroatoms. The Kier molecular flexibility index (Phi) is 0.906. The van der Waals surface area contributed by atoms with Crippen LogP contribution in [0.25, 0.3) is 0 Å². The van der Waals surface area contributed by atoms with Crippen molar-refractivity contribution in [3.8, 4) is 0 Å². The number of nitrogens with zero attached hydrogens (tertiary/aromatic N) is 1. The second-order valence-electron chi connectivity index (χ2n) is 2.24. The maximum absolute atomic E-state index is 7.54. The van der Waals surface area contributed by atoms with Crippen molar-refractivity contribution in [1.29, 1.82) is 0 Å². The summed E-state index contributed by atoms with van der Waals surface area (Å²) in [5.74, 6) is 0. The van der Waals surface area contributed by atoms with Crippen LogP contribution in [0.5, 0.6) is 0 Å². The molecule has 0 spiro atoms. The molecule has 1 nitrogen and oxygen atoms in total. The molecule has 0 amide bonds. The van der Waals surface area contributed by atoms with Crippen LogP contribution in [0.4, 0.5) is 0 Å². The maximum atomic E-state index is 7.54. The Balaban J connectivity index is 3.90. The molecule has 0 aliphatic carbocycles. The number of aromatic nitrogens is 1. The first kappa shape index (κ1) is 3.25. The number of hydrogen-bond acceptors (Lipinski definition) is 1. The van der Waals surface area contributed by atoms with Crippen LogP contribution in [-0.4, -0.2) is 4.98 Å². The summed E-state index contributed by atoms with van der Waals surface area (Å²) in [5.41, 5.74) is -3.76. The van der Waals surface area contributed by atoms with Gasteiger partial charge in [-0.2, -0.15) is 0 Å². The van der Waals surface area contributed by atoms with Crippen LogP contribution in [0.1, 0.15) is 38.6 Å². The van der Waals surface area contributed by atoms with Gasteiger partial charge >= 0.3 is 0 Å². The Morgan fingerprint density at radius 2 is 2.17 bits per heavy atom. The van der Waals surface area contributed by atoms with Gasteiger partial charge in [-0.1, -0.05) is 48.1 Å². The van der Waals surface area contributed by atoms with E-state index in [-0.39, 0.29) is 9.63 Å². The predicted molar refractivity (Wildman–Crippen MR) is 55.6 cm³/mol. The lowest BCUT2D eigenvalue weighted by Gasteiger charge is -2.17. The zero-order valence-corrected chi connectivity index (χ0v) is 8.20. The number of pyridine rings is 1. The van der Waals surface area contributed by atoms with Crippen LogP contribution in [-0.2, 0) is 5.41 Å². The van der Waals surface area contributed by atoms with Gasteiger partial charge in [0.25, 0.3) is 0 Å². The van der Waals surface area contributed by atoms with Crippen LogP contribution in [0, 0.1) is 0 Å². The minimum atomic E-state index is -3.35. The summed E-state index contributed by atoms with van der Waals surface area (Å²) >= 11 is 8.74. The van der Waals surface area contributed by atoms with Crippen molar-refractivity contribution in [2.24, 2.45) is 0 Å². The lowest BCUT2D eigenvalue weighted by atomic mass is 9.92. The maximum Gasteiger partial charge on any atom is 0.130 e. The van der Waals surface area contributed by atoms with Gasteiger partial charge in [0.15, 0.2) is 0 Å². The third-order valence-corrected chi connectivity index (χ3v) is 1.79. The Morgan fingerprint density at radius 1 is 1.50 bits per heavy atom. The van der Waals surface area contributed by atoms with Crippen molar-refractivity contribution in [3.05, 3.63) is 27.5 Å². The van der Waals surface area contributed by atoms with Crippen LogP contribution < -0.4 is 0 Å². The predicted octanol–water partition coefficient (Wildman–Crippen LogP) is 3.80. The molecule has 1 heterocycles. The summed E-state index contributed by atoms with van der Waals surface area (Å²) in [6.07, 6.45) is 0. The van der Waals surface area contributed by atoms with Crippen molar-refractivity contribution in [1.82, 2.24) is 4.98 Å². The molecule has 0 saturated carbocycles. The Bertz CT molecular complexity index is 477. The first-order chi connectivity index (χ1) is 9.14. The van der Waals surface area contributed by atoms with E-state index in [4.69, 9.17) is 23.9 Å². The molecule has 66 valence electrons. The van der Waals surface area contributed by atoms with E-state index in [1.165, 1.54) is 6.07 Å². The highest BCUT2D eigenvalue weighted by Gasteiger charge is 2.16. The standard InChI is InChI=1S/C9H11BrClN/c1-9(2,3)7-4-6(10)5-8(11)12-7/h4-5H,1-3H3/i1D3,2D3,3D3. The largest absolute Gasteiger partial charge is 0.241 e. The van der Waals surface area contributed by atoms with Gasteiger partial charge in [-0.15, -0.1) is 0 Å². The molecule has 1 aromatic heterocycles. The molecule has 0 saturated heterocycles. The molecule has 0 atom stereocenters. The minimum Gasteiger partial charge on any atom is -0.241 e. The number of halogens is 2. The average Bonchev–Trinajstić information content (AvgIpc) is 2.07. The van der Waals surface area contributed by atoms with E-state index >= 15 is 0 Å². The van der Waals surface area contributed by atoms with E-state index in [0.29, 0.717) is 0 Å². The first-order valence-corrected chi connectivity index (χ1v) is 4.15. The van der Waals surface area contributed by atoms with Gasteiger partial charge < -0.3 is 0 Å². The fourth-order valence-corrected chi connectivity index (χ4v) is 1.43. The molecule has 0 fully saturated rings. The Morgan fingerprint density at radius 3 is 2.67 bits per heavy atom. The SMILES string of the molecule is [2H]C([2H])([2H])C(c1cc(Br)cc(Cl)n1)(C([2H])([2H])[2H])C([2H])([2H])[2H]. The van der Waals surface area contributed by atoms with Gasteiger partial charge in [0.1, 0.15) is 5.15 Å². The lowest BCUT2D eigenvalue weighted by molar-refractivity contribution is 0.568. The molecule has 1 rings (SSSR count). The van der Waals surface area contributed by atoms with Gasteiger partial charge in [0, 0.05) is 27.9 Å². The molecular weight excluding hydrogens is 237 g/mol. The van der Waals surface area contributed by atoms with Crippen molar-refractivity contribution in [2.45, 2.75) is 26.0 Å².